The molecule has 0 bridgehead atoms. The standard InChI is InChI=1S/C43H28N4S/c1-3-11-27(12-4-1)29-19-20-32-31-15-8-10-18-38(31)47(39(32)23-29)30-24-35-33-21-22-44-26-40(33)48-42(35)36(25-30)43-45-37-17-9-7-16-34(37)41(46-43)28-13-5-2-6-14-28/h1-21,23-26,44H,22H2. The SMILES string of the molecule is C1=c2sc3c(-c4nc(-c5ccccc5)c5ccccc5n4)cc(-n4c5ccccc5c5ccc(-c6ccccc6)cc54)cc3c2=CCN1. The number of fused-ring (bicyclic) bond motifs is 7. The van der Waals surface area contributed by atoms with E-state index in [1.54, 1.807) is 11.3 Å². The zero-order valence-electron chi connectivity index (χ0n) is 25.9. The van der Waals surface area contributed by atoms with E-state index in [1.807, 2.05) is 6.07 Å². The summed E-state index contributed by atoms with van der Waals surface area (Å²) >= 11 is 1.80. The first kappa shape index (κ1) is 27.1. The monoisotopic (exact) mass is 632 g/mol. The van der Waals surface area contributed by atoms with Gasteiger partial charge in [-0.2, -0.15) is 0 Å². The van der Waals surface area contributed by atoms with Crippen LogP contribution < -0.4 is 15.1 Å². The van der Waals surface area contributed by atoms with Crippen molar-refractivity contribution in [2.24, 2.45) is 0 Å². The van der Waals surface area contributed by atoms with Crippen LogP contribution >= 0.6 is 11.3 Å². The minimum atomic E-state index is 0.733. The van der Waals surface area contributed by atoms with Gasteiger partial charge in [0.1, 0.15) is 0 Å². The van der Waals surface area contributed by atoms with Crippen LogP contribution in [0.25, 0.3) is 94.5 Å². The lowest BCUT2D eigenvalue weighted by molar-refractivity contribution is 1.06. The first-order chi connectivity index (χ1) is 23.8. The molecule has 9 aromatic rings. The van der Waals surface area contributed by atoms with Gasteiger partial charge in [-0.05, 0) is 46.7 Å². The zero-order chi connectivity index (χ0) is 31.6. The molecule has 1 N–H and O–H groups in total. The molecule has 0 unspecified atom stereocenters. The molecule has 0 saturated carbocycles. The van der Waals surface area contributed by atoms with Gasteiger partial charge in [-0.3, -0.25) is 0 Å². The molecule has 0 saturated heterocycles. The van der Waals surface area contributed by atoms with Crippen molar-refractivity contribution in [3.8, 4) is 39.5 Å². The van der Waals surface area contributed by atoms with Crippen LogP contribution in [-0.2, 0) is 0 Å². The molecule has 1 aliphatic rings. The van der Waals surface area contributed by atoms with E-state index in [1.165, 1.54) is 52.8 Å². The highest BCUT2D eigenvalue weighted by atomic mass is 32.1. The van der Waals surface area contributed by atoms with Gasteiger partial charge in [-0.15, -0.1) is 11.3 Å². The Kier molecular flexibility index (Phi) is 6.08. The van der Waals surface area contributed by atoms with Crippen molar-refractivity contribution in [2.45, 2.75) is 0 Å². The summed E-state index contributed by atoms with van der Waals surface area (Å²) in [5.41, 5.74) is 9.84. The maximum absolute atomic E-state index is 5.35. The number of benzene rings is 6. The van der Waals surface area contributed by atoms with Crippen LogP contribution in [0.5, 0.6) is 0 Å². The van der Waals surface area contributed by atoms with Crippen LogP contribution in [0.1, 0.15) is 0 Å². The fraction of sp³-hybridized carbons (Fsp3) is 0.0233. The predicted octanol–water partition coefficient (Wildman–Crippen LogP) is 9.06. The third-order valence-electron chi connectivity index (χ3n) is 9.43. The van der Waals surface area contributed by atoms with E-state index in [0.717, 1.165) is 45.8 Å². The maximum Gasteiger partial charge on any atom is 0.161 e. The van der Waals surface area contributed by atoms with E-state index in [2.05, 4.69) is 156 Å². The van der Waals surface area contributed by atoms with Crippen LogP contribution in [0.3, 0.4) is 0 Å². The second kappa shape index (κ2) is 10.8. The van der Waals surface area contributed by atoms with E-state index < -0.39 is 0 Å². The summed E-state index contributed by atoms with van der Waals surface area (Å²) in [6.07, 6.45) is 4.45. The Hall–Kier alpha value is -6.04. The Morgan fingerprint density at radius 3 is 2.17 bits per heavy atom. The average molecular weight is 633 g/mol. The number of nitrogens with one attached hydrogen (secondary N) is 1. The van der Waals surface area contributed by atoms with Gasteiger partial charge >= 0.3 is 0 Å². The molecule has 0 aliphatic carbocycles. The number of nitrogens with zero attached hydrogens (tertiary/aromatic N) is 3. The molecule has 4 nitrogen and oxygen atoms in total. The van der Waals surface area contributed by atoms with Crippen LogP contribution in [0.4, 0.5) is 0 Å². The smallest absolute Gasteiger partial charge is 0.161 e. The average Bonchev–Trinajstić information content (AvgIpc) is 3.70. The van der Waals surface area contributed by atoms with Crippen molar-refractivity contribution in [1.29, 1.82) is 0 Å². The molecule has 226 valence electrons. The molecule has 5 heteroatoms. The highest BCUT2D eigenvalue weighted by Crippen LogP contribution is 2.39. The molecule has 6 aromatic carbocycles. The fourth-order valence-corrected chi connectivity index (χ4v) is 8.42. The van der Waals surface area contributed by atoms with E-state index in [-0.39, 0.29) is 0 Å². The summed E-state index contributed by atoms with van der Waals surface area (Å²) in [5, 5.41) is 9.43. The van der Waals surface area contributed by atoms with Crippen LogP contribution in [0.15, 0.2) is 140 Å². The topological polar surface area (TPSA) is 42.7 Å². The molecule has 48 heavy (non-hydrogen) atoms. The molecule has 10 rings (SSSR count). The van der Waals surface area contributed by atoms with Crippen molar-refractivity contribution in [3.05, 3.63) is 149 Å². The third-order valence-corrected chi connectivity index (χ3v) is 10.6. The van der Waals surface area contributed by atoms with Crippen LogP contribution in [0.2, 0.25) is 0 Å². The molecular formula is C43H28N4S. The quantitative estimate of drug-likeness (QED) is 0.211. The number of hydrogen-bond acceptors (Lipinski definition) is 4. The molecule has 0 atom stereocenters. The summed E-state index contributed by atoms with van der Waals surface area (Å²) in [6.45, 7) is 0.804. The molecule has 0 radical (unpaired) electrons. The normalized spacial score (nSPS) is 12.6. The zero-order valence-corrected chi connectivity index (χ0v) is 26.7. The Balaban J connectivity index is 1.31. The maximum atomic E-state index is 5.35. The van der Waals surface area contributed by atoms with E-state index in [0.29, 0.717) is 0 Å². The van der Waals surface area contributed by atoms with Gasteiger partial charge in [0.05, 0.1) is 26.8 Å². The van der Waals surface area contributed by atoms with Crippen molar-refractivity contribution in [1.82, 2.24) is 19.9 Å². The second-order valence-corrected chi connectivity index (χ2v) is 13.3. The predicted molar refractivity (Wildman–Crippen MR) is 202 cm³/mol. The largest absolute Gasteiger partial charge is 0.386 e. The molecular weight excluding hydrogens is 605 g/mol. The molecule has 1 aliphatic heterocycles. The minimum Gasteiger partial charge on any atom is -0.386 e. The number of aromatic nitrogens is 3. The van der Waals surface area contributed by atoms with Gasteiger partial charge in [0, 0.05) is 55.8 Å². The van der Waals surface area contributed by atoms with Crippen molar-refractivity contribution in [2.75, 3.05) is 6.54 Å². The van der Waals surface area contributed by atoms with Crippen LogP contribution in [0, 0.1) is 0 Å². The molecule has 0 spiro atoms. The Morgan fingerprint density at radius 1 is 0.583 bits per heavy atom. The summed E-state index contributed by atoms with van der Waals surface area (Å²) < 4.78 is 4.85. The molecule has 0 fully saturated rings. The van der Waals surface area contributed by atoms with Gasteiger partial charge in [0.15, 0.2) is 5.82 Å². The van der Waals surface area contributed by atoms with Crippen molar-refractivity contribution in [3.63, 3.8) is 0 Å². The Bertz CT molecular complexity index is 2830. The first-order valence-electron chi connectivity index (χ1n) is 16.2. The number of rotatable bonds is 4. The van der Waals surface area contributed by atoms with Crippen LogP contribution in [-0.4, -0.2) is 21.1 Å². The second-order valence-electron chi connectivity index (χ2n) is 12.2. The van der Waals surface area contributed by atoms with Crippen molar-refractivity contribution < 1.29 is 0 Å². The van der Waals surface area contributed by atoms with Gasteiger partial charge in [-0.25, -0.2) is 9.97 Å². The van der Waals surface area contributed by atoms with Crippen molar-refractivity contribution >= 4 is 66.4 Å². The Labute approximate surface area is 280 Å². The summed E-state index contributed by atoms with van der Waals surface area (Å²) in [4.78, 5) is 10.6. The van der Waals surface area contributed by atoms with Gasteiger partial charge in [0.25, 0.3) is 0 Å². The molecule has 0 amide bonds. The van der Waals surface area contributed by atoms with Gasteiger partial charge in [0.2, 0.25) is 0 Å². The summed E-state index contributed by atoms with van der Waals surface area (Å²) in [6, 6.07) is 49.7. The lowest BCUT2D eigenvalue weighted by Gasteiger charge is -2.14. The summed E-state index contributed by atoms with van der Waals surface area (Å²) in [7, 11) is 0. The highest BCUT2D eigenvalue weighted by molar-refractivity contribution is 7.17. The number of thiophene rings is 1. The van der Waals surface area contributed by atoms with Gasteiger partial charge < -0.3 is 9.88 Å². The Morgan fingerprint density at radius 2 is 1.31 bits per heavy atom. The van der Waals surface area contributed by atoms with E-state index in [4.69, 9.17) is 9.97 Å². The lowest BCUT2D eigenvalue weighted by Crippen LogP contribution is -2.28. The van der Waals surface area contributed by atoms with E-state index in [9.17, 15) is 0 Å². The molecule has 3 aromatic heterocycles. The summed E-state index contributed by atoms with van der Waals surface area (Å²) in [5.74, 6) is 0.733. The highest BCUT2D eigenvalue weighted by Gasteiger charge is 2.20. The lowest BCUT2D eigenvalue weighted by atomic mass is 10.0. The third kappa shape index (κ3) is 4.21. The van der Waals surface area contributed by atoms with E-state index >= 15 is 0 Å². The number of hydrogen-bond donors (Lipinski definition) is 1. The fourth-order valence-electron chi connectivity index (χ4n) is 7.22. The first-order valence-corrected chi connectivity index (χ1v) is 17.0. The minimum absolute atomic E-state index is 0.733. The molecule has 4 heterocycles. The van der Waals surface area contributed by atoms with Gasteiger partial charge in [-0.1, -0.05) is 115 Å². The number of para-hydroxylation sites is 2.